The summed E-state index contributed by atoms with van der Waals surface area (Å²) in [4.78, 5) is 4.64. The van der Waals surface area contributed by atoms with Crippen LogP contribution in [-0.2, 0) is 0 Å². The molecular formula is C15H23BrN4. The van der Waals surface area contributed by atoms with E-state index in [0.29, 0.717) is 5.54 Å². The lowest BCUT2D eigenvalue weighted by Gasteiger charge is -2.49. The lowest BCUT2D eigenvalue weighted by Crippen LogP contribution is -2.56. The molecule has 0 saturated heterocycles. The van der Waals surface area contributed by atoms with Gasteiger partial charge in [0.2, 0.25) is 0 Å². The van der Waals surface area contributed by atoms with Gasteiger partial charge < -0.3 is 15.5 Å². The van der Waals surface area contributed by atoms with Crippen LogP contribution in [0.25, 0.3) is 0 Å². The van der Waals surface area contributed by atoms with Crippen molar-refractivity contribution in [3.8, 4) is 0 Å². The molecule has 1 aromatic carbocycles. The maximum absolute atomic E-state index is 7.52. The van der Waals surface area contributed by atoms with Gasteiger partial charge in [0.15, 0.2) is 0 Å². The summed E-state index contributed by atoms with van der Waals surface area (Å²) in [7, 11) is 6.46. The van der Waals surface area contributed by atoms with Gasteiger partial charge in [-0.05, 0) is 67.5 Å². The molecule has 1 aliphatic rings. The van der Waals surface area contributed by atoms with E-state index in [1.165, 1.54) is 19.3 Å². The molecular weight excluding hydrogens is 316 g/mol. The minimum atomic E-state index is 0.0924. The van der Waals surface area contributed by atoms with Crippen LogP contribution in [0.4, 0.5) is 5.69 Å². The summed E-state index contributed by atoms with van der Waals surface area (Å²) in [6.45, 7) is 1.02. The number of rotatable bonds is 5. The van der Waals surface area contributed by atoms with E-state index in [4.69, 9.17) is 11.1 Å². The number of hydrogen-bond donors (Lipinski definition) is 2. The number of nitrogens with zero attached hydrogens (tertiary/aromatic N) is 2. The third-order valence-electron chi connectivity index (χ3n) is 4.45. The number of benzene rings is 1. The normalized spacial score (nSPS) is 16.9. The van der Waals surface area contributed by atoms with Crippen LogP contribution >= 0.6 is 15.9 Å². The second kappa shape index (κ2) is 5.74. The first-order chi connectivity index (χ1) is 9.35. The van der Waals surface area contributed by atoms with Gasteiger partial charge in [-0.1, -0.05) is 0 Å². The van der Waals surface area contributed by atoms with Crippen LogP contribution in [0.2, 0.25) is 0 Å². The SMILES string of the molecule is CN(CC1(N(C)C)CCC1)c1ccc(C(=N)N)c(Br)c1. The van der Waals surface area contributed by atoms with Crippen LogP contribution in [0.1, 0.15) is 24.8 Å². The number of hydrogen-bond acceptors (Lipinski definition) is 3. The van der Waals surface area contributed by atoms with Crippen molar-refractivity contribution in [2.75, 3.05) is 32.6 Å². The molecule has 20 heavy (non-hydrogen) atoms. The van der Waals surface area contributed by atoms with Gasteiger partial charge in [-0.15, -0.1) is 0 Å². The van der Waals surface area contributed by atoms with E-state index in [1.807, 2.05) is 18.2 Å². The summed E-state index contributed by atoms with van der Waals surface area (Å²) in [6, 6.07) is 5.98. The minimum Gasteiger partial charge on any atom is -0.384 e. The number of amidine groups is 1. The van der Waals surface area contributed by atoms with Crippen molar-refractivity contribution >= 4 is 27.5 Å². The van der Waals surface area contributed by atoms with E-state index in [-0.39, 0.29) is 5.84 Å². The number of nitrogens with one attached hydrogen (secondary N) is 1. The van der Waals surface area contributed by atoms with Gasteiger partial charge in [-0.25, -0.2) is 0 Å². The molecule has 1 aromatic rings. The Kier molecular flexibility index (Phi) is 4.39. The molecule has 0 bridgehead atoms. The molecule has 0 aliphatic heterocycles. The van der Waals surface area contributed by atoms with E-state index in [9.17, 15) is 0 Å². The topological polar surface area (TPSA) is 56.4 Å². The molecule has 4 nitrogen and oxygen atoms in total. The van der Waals surface area contributed by atoms with Gasteiger partial charge in [0.1, 0.15) is 5.84 Å². The van der Waals surface area contributed by atoms with Crippen molar-refractivity contribution in [2.45, 2.75) is 24.8 Å². The zero-order valence-corrected chi connectivity index (χ0v) is 14.0. The second-order valence-electron chi connectivity index (χ2n) is 5.91. The van der Waals surface area contributed by atoms with Gasteiger partial charge >= 0.3 is 0 Å². The highest BCUT2D eigenvalue weighted by Crippen LogP contribution is 2.37. The van der Waals surface area contributed by atoms with Crippen molar-refractivity contribution in [1.82, 2.24) is 4.90 Å². The zero-order valence-electron chi connectivity index (χ0n) is 12.4. The third-order valence-corrected chi connectivity index (χ3v) is 5.10. The van der Waals surface area contributed by atoms with E-state index in [1.54, 1.807) is 0 Å². The first kappa shape index (κ1) is 15.3. The second-order valence-corrected chi connectivity index (χ2v) is 6.76. The van der Waals surface area contributed by atoms with Crippen LogP contribution in [0.15, 0.2) is 22.7 Å². The molecule has 3 N–H and O–H groups in total. The monoisotopic (exact) mass is 338 g/mol. The molecule has 0 spiro atoms. The molecule has 2 rings (SSSR count). The Morgan fingerprint density at radius 3 is 2.40 bits per heavy atom. The lowest BCUT2D eigenvalue weighted by molar-refractivity contribution is 0.0683. The fraction of sp³-hybridized carbons (Fsp3) is 0.533. The Morgan fingerprint density at radius 1 is 1.35 bits per heavy atom. The molecule has 0 aromatic heterocycles. The summed E-state index contributed by atoms with van der Waals surface area (Å²) in [6.07, 6.45) is 3.84. The Morgan fingerprint density at radius 2 is 2.00 bits per heavy atom. The molecule has 5 heteroatoms. The van der Waals surface area contributed by atoms with Crippen molar-refractivity contribution < 1.29 is 0 Å². The molecule has 0 atom stereocenters. The van der Waals surface area contributed by atoms with Gasteiger partial charge in [0, 0.05) is 34.9 Å². The summed E-state index contributed by atoms with van der Waals surface area (Å²) in [5.74, 6) is 0.0924. The average Bonchev–Trinajstić information content (AvgIpc) is 2.32. The van der Waals surface area contributed by atoms with Crippen molar-refractivity contribution in [3.05, 3.63) is 28.2 Å². The van der Waals surface area contributed by atoms with E-state index < -0.39 is 0 Å². The fourth-order valence-electron chi connectivity index (χ4n) is 2.82. The number of anilines is 1. The third kappa shape index (κ3) is 2.83. The predicted molar refractivity (Wildman–Crippen MR) is 88.7 cm³/mol. The van der Waals surface area contributed by atoms with Crippen LogP contribution in [0.5, 0.6) is 0 Å². The smallest absolute Gasteiger partial charge is 0.123 e. The largest absolute Gasteiger partial charge is 0.384 e. The molecule has 110 valence electrons. The number of likely N-dealkylation sites (N-methyl/N-ethyl adjacent to an activating group) is 2. The Hall–Kier alpha value is -1.07. The van der Waals surface area contributed by atoms with E-state index >= 15 is 0 Å². The van der Waals surface area contributed by atoms with Gasteiger partial charge in [0.25, 0.3) is 0 Å². The molecule has 0 heterocycles. The van der Waals surface area contributed by atoms with Crippen molar-refractivity contribution in [1.29, 1.82) is 5.41 Å². The highest BCUT2D eigenvalue weighted by Gasteiger charge is 2.39. The van der Waals surface area contributed by atoms with Crippen LogP contribution < -0.4 is 10.6 Å². The van der Waals surface area contributed by atoms with Crippen molar-refractivity contribution in [3.63, 3.8) is 0 Å². The standard InChI is InChI=1S/C15H23BrN4/c1-19(2)15(7-4-8-15)10-20(3)11-5-6-12(14(17)18)13(16)9-11/h5-6,9H,4,7-8,10H2,1-3H3,(H3,17,18). The van der Waals surface area contributed by atoms with Crippen LogP contribution in [0.3, 0.4) is 0 Å². The zero-order chi connectivity index (χ0) is 14.9. The maximum atomic E-state index is 7.52. The molecule has 1 fully saturated rings. The van der Waals surface area contributed by atoms with Crippen LogP contribution in [-0.4, -0.2) is 44.0 Å². The van der Waals surface area contributed by atoms with E-state index in [2.05, 4.69) is 46.9 Å². The summed E-state index contributed by atoms with van der Waals surface area (Å²) in [5, 5.41) is 7.52. The highest BCUT2D eigenvalue weighted by molar-refractivity contribution is 9.10. The van der Waals surface area contributed by atoms with Gasteiger partial charge in [-0.2, -0.15) is 0 Å². The minimum absolute atomic E-state index is 0.0924. The Balaban J connectivity index is 2.15. The predicted octanol–water partition coefficient (Wildman–Crippen LogP) is 2.65. The average molecular weight is 339 g/mol. The number of halogens is 1. The van der Waals surface area contributed by atoms with Gasteiger partial charge in [-0.3, -0.25) is 5.41 Å². The molecule has 0 unspecified atom stereocenters. The maximum Gasteiger partial charge on any atom is 0.123 e. The lowest BCUT2D eigenvalue weighted by atomic mass is 9.75. The first-order valence-electron chi connectivity index (χ1n) is 6.88. The summed E-state index contributed by atoms with van der Waals surface area (Å²) >= 11 is 3.50. The molecule has 0 radical (unpaired) electrons. The summed E-state index contributed by atoms with van der Waals surface area (Å²) < 4.78 is 0.877. The number of nitrogen functional groups attached to an aromatic ring is 1. The van der Waals surface area contributed by atoms with Crippen LogP contribution in [0, 0.1) is 5.41 Å². The number of nitrogens with two attached hydrogens (primary N) is 1. The van der Waals surface area contributed by atoms with Gasteiger partial charge in [0.05, 0.1) is 0 Å². The highest BCUT2D eigenvalue weighted by atomic mass is 79.9. The Labute approximate surface area is 129 Å². The quantitative estimate of drug-likeness (QED) is 0.641. The molecule has 1 aliphatic carbocycles. The molecule has 0 amide bonds. The van der Waals surface area contributed by atoms with Crippen molar-refractivity contribution in [2.24, 2.45) is 5.73 Å². The molecule has 1 saturated carbocycles. The first-order valence-corrected chi connectivity index (χ1v) is 7.67. The van der Waals surface area contributed by atoms with E-state index in [0.717, 1.165) is 22.3 Å². The fourth-order valence-corrected chi connectivity index (χ4v) is 3.40. The summed E-state index contributed by atoms with van der Waals surface area (Å²) in [5.41, 5.74) is 7.74. The Bertz CT molecular complexity index is 509.